The molecule has 7 heteroatoms. The van der Waals surface area contributed by atoms with Crippen molar-refractivity contribution in [3.63, 3.8) is 0 Å². The highest BCUT2D eigenvalue weighted by Crippen LogP contribution is 2.15. The quantitative estimate of drug-likeness (QED) is 0.257. The van der Waals surface area contributed by atoms with E-state index < -0.39 is 0 Å². The monoisotopic (exact) mass is 510 g/mol. The number of hydrogen-bond acceptors (Lipinski definition) is 3. The second-order valence-electron chi connectivity index (χ2n) is 7.90. The van der Waals surface area contributed by atoms with Crippen molar-refractivity contribution in [2.24, 2.45) is 4.99 Å². The van der Waals surface area contributed by atoms with Crippen molar-refractivity contribution in [1.82, 2.24) is 25.4 Å². The smallest absolute Gasteiger partial charge is 0.191 e. The summed E-state index contributed by atoms with van der Waals surface area (Å²) in [5.41, 5.74) is 2.79. The van der Waals surface area contributed by atoms with Gasteiger partial charge in [0.1, 0.15) is 11.6 Å². The molecule has 1 aromatic carbocycles. The summed E-state index contributed by atoms with van der Waals surface area (Å²) < 4.78 is 2.03. The zero-order chi connectivity index (χ0) is 19.9. The minimum Gasteiger partial charge on any atom is -0.357 e. The Morgan fingerprint density at radius 2 is 2.03 bits per heavy atom. The van der Waals surface area contributed by atoms with E-state index in [1.54, 1.807) is 0 Å². The zero-order valence-electron chi connectivity index (χ0n) is 18.1. The predicted octanol–water partition coefficient (Wildman–Crippen LogP) is 3.83. The van der Waals surface area contributed by atoms with Gasteiger partial charge in [0.15, 0.2) is 5.96 Å². The van der Waals surface area contributed by atoms with Crippen molar-refractivity contribution in [2.45, 2.75) is 71.9 Å². The number of halogens is 1. The van der Waals surface area contributed by atoms with Crippen LogP contribution in [-0.2, 0) is 19.4 Å². The van der Waals surface area contributed by atoms with Crippen LogP contribution in [0.3, 0.4) is 0 Å². The SMILES string of the molecule is CCNC(=NCCCc1ccc(C(C)C)cc1)NC1CCc2nc(C)nn2C1.I. The molecule has 2 aromatic rings. The van der Waals surface area contributed by atoms with Gasteiger partial charge in [-0.3, -0.25) is 4.99 Å². The van der Waals surface area contributed by atoms with Crippen LogP contribution in [0.25, 0.3) is 0 Å². The molecular weight excluding hydrogens is 475 g/mol. The topological polar surface area (TPSA) is 67.1 Å². The molecule has 0 spiro atoms. The molecule has 0 saturated carbocycles. The van der Waals surface area contributed by atoms with Crippen molar-refractivity contribution in [3.05, 3.63) is 47.0 Å². The lowest BCUT2D eigenvalue weighted by atomic mass is 10.0. The second kappa shape index (κ2) is 11.5. The Morgan fingerprint density at radius 3 is 2.72 bits per heavy atom. The number of hydrogen-bond donors (Lipinski definition) is 2. The highest BCUT2D eigenvalue weighted by atomic mass is 127. The molecular formula is C22H35IN6. The summed E-state index contributed by atoms with van der Waals surface area (Å²) in [6.07, 6.45) is 4.13. The molecule has 0 amide bonds. The van der Waals surface area contributed by atoms with E-state index in [-0.39, 0.29) is 24.0 Å². The van der Waals surface area contributed by atoms with Crippen molar-refractivity contribution in [3.8, 4) is 0 Å². The Kier molecular flexibility index (Phi) is 9.39. The fourth-order valence-electron chi connectivity index (χ4n) is 3.61. The number of guanidine groups is 1. The molecule has 0 saturated heterocycles. The van der Waals surface area contributed by atoms with E-state index >= 15 is 0 Å². The summed E-state index contributed by atoms with van der Waals surface area (Å²) in [5.74, 6) is 3.45. The van der Waals surface area contributed by atoms with Crippen LogP contribution >= 0.6 is 24.0 Å². The van der Waals surface area contributed by atoms with E-state index in [0.29, 0.717) is 12.0 Å². The molecule has 2 N–H and O–H groups in total. The van der Waals surface area contributed by atoms with Crippen molar-refractivity contribution in [1.29, 1.82) is 0 Å². The molecule has 1 atom stereocenters. The lowest BCUT2D eigenvalue weighted by molar-refractivity contribution is 0.392. The van der Waals surface area contributed by atoms with E-state index in [1.807, 2.05) is 11.6 Å². The fourth-order valence-corrected chi connectivity index (χ4v) is 3.61. The molecule has 2 heterocycles. The number of nitrogens with zero attached hydrogens (tertiary/aromatic N) is 4. The number of benzene rings is 1. The van der Waals surface area contributed by atoms with Crippen LogP contribution in [0.15, 0.2) is 29.3 Å². The third kappa shape index (κ3) is 6.97. The van der Waals surface area contributed by atoms with Crippen LogP contribution < -0.4 is 10.6 Å². The molecule has 160 valence electrons. The van der Waals surface area contributed by atoms with Crippen LogP contribution in [0.4, 0.5) is 0 Å². The summed E-state index contributed by atoms with van der Waals surface area (Å²) in [4.78, 5) is 9.26. The standard InChI is InChI=1S/C22H34N6.HI/c1-5-23-22(26-20-12-13-21-25-17(4)27-28(21)15-20)24-14-6-7-18-8-10-19(11-9-18)16(2)3;/h8-11,16,20H,5-7,12-15H2,1-4H3,(H2,23,24,26);1H. The largest absolute Gasteiger partial charge is 0.357 e. The summed E-state index contributed by atoms with van der Waals surface area (Å²) in [6, 6.07) is 9.34. The van der Waals surface area contributed by atoms with Gasteiger partial charge in [-0.25, -0.2) is 9.67 Å². The molecule has 1 aliphatic rings. The maximum atomic E-state index is 4.78. The summed E-state index contributed by atoms with van der Waals surface area (Å²) in [6.45, 7) is 11.1. The number of aryl methyl sites for hydroxylation is 3. The molecule has 6 nitrogen and oxygen atoms in total. The van der Waals surface area contributed by atoms with Gasteiger partial charge in [-0.2, -0.15) is 5.10 Å². The van der Waals surface area contributed by atoms with Crippen LogP contribution in [0.1, 0.15) is 62.3 Å². The lowest BCUT2D eigenvalue weighted by Gasteiger charge is -2.25. The normalized spacial score (nSPS) is 16.3. The van der Waals surface area contributed by atoms with E-state index in [4.69, 9.17) is 4.99 Å². The lowest BCUT2D eigenvalue weighted by Crippen LogP contribution is -2.47. The minimum atomic E-state index is 0. The summed E-state index contributed by atoms with van der Waals surface area (Å²) in [5, 5.41) is 11.4. The van der Waals surface area contributed by atoms with E-state index in [2.05, 4.69) is 65.8 Å². The average Bonchev–Trinajstić information content (AvgIpc) is 3.05. The van der Waals surface area contributed by atoms with Gasteiger partial charge in [-0.05, 0) is 50.2 Å². The number of rotatable bonds is 7. The summed E-state index contributed by atoms with van der Waals surface area (Å²) in [7, 11) is 0. The highest BCUT2D eigenvalue weighted by Gasteiger charge is 2.21. The number of fused-ring (bicyclic) bond motifs is 1. The van der Waals surface area contributed by atoms with E-state index in [1.165, 1.54) is 11.1 Å². The molecule has 0 bridgehead atoms. The first-order valence-corrected chi connectivity index (χ1v) is 10.6. The van der Waals surface area contributed by atoms with Crippen molar-refractivity contribution in [2.75, 3.05) is 13.1 Å². The average molecular weight is 510 g/mol. The third-order valence-electron chi connectivity index (χ3n) is 5.19. The van der Waals surface area contributed by atoms with Gasteiger partial charge in [0.2, 0.25) is 0 Å². The third-order valence-corrected chi connectivity index (χ3v) is 5.19. The molecule has 0 fully saturated rings. The fraction of sp³-hybridized carbons (Fsp3) is 0.591. The van der Waals surface area contributed by atoms with Gasteiger partial charge >= 0.3 is 0 Å². The Bertz CT molecular complexity index is 781. The van der Waals surface area contributed by atoms with Gasteiger partial charge in [0.25, 0.3) is 0 Å². The van der Waals surface area contributed by atoms with Crippen molar-refractivity contribution >= 4 is 29.9 Å². The number of aromatic nitrogens is 3. The van der Waals surface area contributed by atoms with Crippen LogP contribution in [-0.4, -0.2) is 39.9 Å². The zero-order valence-corrected chi connectivity index (χ0v) is 20.4. The maximum absolute atomic E-state index is 4.78. The van der Waals surface area contributed by atoms with E-state index in [0.717, 1.165) is 62.9 Å². The van der Waals surface area contributed by atoms with Gasteiger partial charge in [-0.1, -0.05) is 38.1 Å². The van der Waals surface area contributed by atoms with Gasteiger partial charge < -0.3 is 10.6 Å². The second-order valence-corrected chi connectivity index (χ2v) is 7.90. The van der Waals surface area contributed by atoms with Gasteiger partial charge in [0.05, 0.1) is 6.54 Å². The molecule has 1 aliphatic heterocycles. The highest BCUT2D eigenvalue weighted by molar-refractivity contribution is 14.0. The van der Waals surface area contributed by atoms with Crippen molar-refractivity contribution < 1.29 is 0 Å². The van der Waals surface area contributed by atoms with Crippen LogP contribution in [0.5, 0.6) is 0 Å². The molecule has 1 aromatic heterocycles. The van der Waals surface area contributed by atoms with E-state index in [9.17, 15) is 0 Å². The Labute approximate surface area is 192 Å². The molecule has 0 aliphatic carbocycles. The Balaban J connectivity index is 0.00000300. The van der Waals surface area contributed by atoms with Gasteiger partial charge in [0, 0.05) is 25.6 Å². The molecule has 1 unspecified atom stereocenters. The molecule has 0 radical (unpaired) electrons. The first-order chi connectivity index (χ1) is 13.5. The molecule has 3 rings (SSSR count). The van der Waals surface area contributed by atoms with Gasteiger partial charge in [-0.15, -0.1) is 24.0 Å². The summed E-state index contributed by atoms with van der Waals surface area (Å²) >= 11 is 0. The Morgan fingerprint density at radius 1 is 1.28 bits per heavy atom. The first kappa shape index (κ1) is 23.6. The minimum absolute atomic E-state index is 0. The first-order valence-electron chi connectivity index (χ1n) is 10.6. The number of aliphatic imine (C=N–C) groups is 1. The number of nitrogens with one attached hydrogen (secondary N) is 2. The van der Waals surface area contributed by atoms with Crippen LogP contribution in [0, 0.1) is 6.92 Å². The van der Waals surface area contributed by atoms with Crippen LogP contribution in [0.2, 0.25) is 0 Å². The maximum Gasteiger partial charge on any atom is 0.191 e. The predicted molar refractivity (Wildman–Crippen MR) is 130 cm³/mol. The Hall–Kier alpha value is -1.64. The molecule has 29 heavy (non-hydrogen) atoms.